The second kappa shape index (κ2) is 11.0. The molecule has 0 bridgehead atoms. The van der Waals surface area contributed by atoms with E-state index in [1.165, 1.54) is 18.2 Å². The van der Waals surface area contributed by atoms with Crippen LogP contribution in [-0.4, -0.2) is 39.7 Å². The molecule has 0 saturated carbocycles. The van der Waals surface area contributed by atoms with Gasteiger partial charge in [-0.15, -0.1) is 0 Å². The molecule has 2 aromatic heterocycles. The molecule has 3 N–H and O–H groups in total. The van der Waals surface area contributed by atoms with Crippen LogP contribution in [0, 0.1) is 6.92 Å². The zero-order valence-corrected chi connectivity index (χ0v) is 22.5. The summed E-state index contributed by atoms with van der Waals surface area (Å²) in [7, 11) is 1.54. The van der Waals surface area contributed by atoms with Gasteiger partial charge in [-0.2, -0.15) is 13.2 Å². The van der Waals surface area contributed by atoms with Crippen molar-refractivity contribution >= 4 is 22.9 Å². The number of halogens is 3. The van der Waals surface area contributed by atoms with Gasteiger partial charge in [0.05, 0.1) is 5.69 Å². The number of nitrogens with zero attached hydrogens (tertiary/aromatic N) is 2. The lowest BCUT2D eigenvalue weighted by atomic mass is 10.0. The van der Waals surface area contributed by atoms with Crippen LogP contribution in [0.15, 0.2) is 54.9 Å². The highest BCUT2D eigenvalue weighted by Crippen LogP contribution is 2.39. The van der Waals surface area contributed by atoms with Crippen molar-refractivity contribution in [3.8, 4) is 11.3 Å². The summed E-state index contributed by atoms with van der Waals surface area (Å²) in [5, 5.41) is 6.28. The largest absolute Gasteiger partial charge is 0.444 e. The number of nitrogens with one attached hydrogen (secondary N) is 3. The first-order valence-corrected chi connectivity index (χ1v) is 12.6. The zero-order chi connectivity index (χ0) is 28.4. The Morgan fingerprint density at radius 1 is 1.08 bits per heavy atom. The fourth-order valence-corrected chi connectivity index (χ4v) is 4.47. The van der Waals surface area contributed by atoms with Gasteiger partial charge >= 0.3 is 12.3 Å². The quantitative estimate of drug-likeness (QED) is 0.270. The van der Waals surface area contributed by atoms with E-state index >= 15 is 0 Å². The Balaban J connectivity index is 0.000000340. The minimum Gasteiger partial charge on any atom is -0.444 e. The maximum Gasteiger partial charge on any atom is 0.419 e. The molecule has 0 spiro atoms. The molecule has 0 unspecified atom stereocenters. The number of anilines is 1. The summed E-state index contributed by atoms with van der Waals surface area (Å²) in [4.78, 5) is 21.9. The van der Waals surface area contributed by atoms with Crippen LogP contribution in [0.5, 0.6) is 0 Å². The van der Waals surface area contributed by atoms with E-state index in [4.69, 9.17) is 4.74 Å². The molecule has 5 rings (SSSR count). The van der Waals surface area contributed by atoms with Gasteiger partial charge in [-0.3, -0.25) is 0 Å². The number of ether oxygens (including phenoxy) is 1. The van der Waals surface area contributed by atoms with Crippen molar-refractivity contribution < 1.29 is 22.7 Å². The standard InChI is InChI=1S/C23H19F3N4.C6H13NO2/c1-13-6-7-17-18(11-27-20(17)8-13)21-19(23(24,25)26)12-28-22(30-21)29-16-9-14-4-2-3-5-15(14)10-16;1-6(2,3)9-5(8)7-4/h2-8,11-12,16,27H,9-10H2,1H3,(H,28,29,30);1-4H3,(H,7,8). The normalized spacial score (nSPS) is 13.4. The molecule has 1 amide bonds. The molecular weight excluding hydrogens is 507 g/mol. The average molecular weight is 540 g/mol. The molecule has 0 atom stereocenters. The number of alkyl carbamates (subject to hydrolysis) is 1. The van der Waals surface area contributed by atoms with Gasteiger partial charge in [-0.1, -0.05) is 36.4 Å². The summed E-state index contributed by atoms with van der Waals surface area (Å²) in [5.74, 6) is 0.206. The Kier molecular flexibility index (Phi) is 7.85. The fourth-order valence-electron chi connectivity index (χ4n) is 4.47. The topological polar surface area (TPSA) is 91.9 Å². The summed E-state index contributed by atoms with van der Waals surface area (Å²) < 4.78 is 46.0. The number of amides is 1. The first-order chi connectivity index (χ1) is 18.3. The Labute approximate surface area is 225 Å². The lowest BCUT2D eigenvalue weighted by Gasteiger charge is -2.18. The van der Waals surface area contributed by atoms with E-state index < -0.39 is 11.7 Å². The van der Waals surface area contributed by atoms with Crippen molar-refractivity contribution in [2.24, 2.45) is 0 Å². The van der Waals surface area contributed by atoms with Gasteiger partial charge in [-0.05, 0) is 63.3 Å². The lowest BCUT2D eigenvalue weighted by molar-refractivity contribution is -0.137. The molecule has 4 aromatic rings. The van der Waals surface area contributed by atoms with Crippen molar-refractivity contribution in [3.63, 3.8) is 0 Å². The smallest absolute Gasteiger partial charge is 0.419 e. The number of aryl methyl sites for hydroxylation is 1. The SMILES string of the molecule is CNC(=O)OC(C)(C)C.Cc1ccc2c(-c3nc(NC4Cc5ccccc5C4)ncc3C(F)(F)F)c[nH]c2c1. The molecule has 0 aliphatic heterocycles. The van der Waals surface area contributed by atoms with E-state index in [2.05, 4.69) is 37.7 Å². The van der Waals surface area contributed by atoms with Gasteiger partial charge in [-0.25, -0.2) is 14.8 Å². The van der Waals surface area contributed by atoms with Gasteiger partial charge in [0.1, 0.15) is 11.2 Å². The van der Waals surface area contributed by atoms with Crippen LogP contribution in [0.3, 0.4) is 0 Å². The van der Waals surface area contributed by atoms with E-state index in [1.807, 2.05) is 58.0 Å². The third-order valence-electron chi connectivity index (χ3n) is 6.17. The Hall–Kier alpha value is -4.08. The van der Waals surface area contributed by atoms with Crippen LogP contribution in [0.25, 0.3) is 22.2 Å². The first kappa shape index (κ1) is 27.9. The number of H-pyrrole nitrogens is 1. The number of fused-ring (bicyclic) bond motifs is 2. The van der Waals surface area contributed by atoms with Gasteiger partial charge in [0.15, 0.2) is 0 Å². The summed E-state index contributed by atoms with van der Waals surface area (Å²) in [5.41, 5.74) is 3.35. The average Bonchev–Trinajstić information content (AvgIpc) is 3.45. The third kappa shape index (κ3) is 6.87. The highest BCUT2D eigenvalue weighted by Gasteiger charge is 2.36. The number of carbonyl (C=O) groups is 1. The zero-order valence-electron chi connectivity index (χ0n) is 22.5. The maximum atomic E-state index is 13.7. The molecule has 1 aliphatic carbocycles. The monoisotopic (exact) mass is 539 g/mol. The van der Waals surface area contributed by atoms with Crippen molar-refractivity contribution in [2.45, 2.75) is 58.4 Å². The first-order valence-electron chi connectivity index (χ1n) is 12.6. The summed E-state index contributed by atoms with van der Waals surface area (Å²) in [6.07, 6.45) is -0.894. The number of alkyl halides is 3. The number of benzene rings is 2. The number of hydrogen-bond acceptors (Lipinski definition) is 5. The predicted octanol–water partition coefficient (Wildman–Crippen LogP) is 6.67. The summed E-state index contributed by atoms with van der Waals surface area (Å²) in [6, 6.07) is 13.8. The van der Waals surface area contributed by atoms with E-state index in [-0.39, 0.29) is 29.4 Å². The highest BCUT2D eigenvalue weighted by atomic mass is 19.4. The summed E-state index contributed by atoms with van der Waals surface area (Å²) in [6.45, 7) is 7.40. The van der Waals surface area contributed by atoms with Crippen molar-refractivity contribution in [2.75, 3.05) is 12.4 Å². The van der Waals surface area contributed by atoms with E-state index in [1.54, 1.807) is 6.20 Å². The van der Waals surface area contributed by atoms with Crippen LogP contribution >= 0.6 is 0 Å². The second-order valence-electron chi connectivity index (χ2n) is 10.5. The molecular formula is C29H32F3N5O2. The number of aromatic nitrogens is 3. The molecule has 1 aliphatic rings. The maximum absolute atomic E-state index is 13.7. The number of hydrogen-bond donors (Lipinski definition) is 3. The number of carbonyl (C=O) groups excluding carboxylic acids is 1. The van der Waals surface area contributed by atoms with Gasteiger partial charge < -0.3 is 20.4 Å². The molecule has 206 valence electrons. The molecule has 10 heteroatoms. The molecule has 0 fully saturated rings. The number of aromatic amines is 1. The fraction of sp³-hybridized carbons (Fsp3) is 0.345. The van der Waals surface area contributed by atoms with Gasteiger partial charge in [0.2, 0.25) is 5.95 Å². The van der Waals surface area contributed by atoms with Crippen molar-refractivity contribution in [3.05, 3.63) is 77.1 Å². The van der Waals surface area contributed by atoms with E-state index in [0.29, 0.717) is 10.9 Å². The highest BCUT2D eigenvalue weighted by molar-refractivity contribution is 5.95. The third-order valence-corrected chi connectivity index (χ3v) is 6.17. The van der Waals surface area contributed by atoms with Crippen LogP contribution in [0.2, 0.25) is 0 Å². The Morgan fingerprint density at radius 2 is 1.74 bits per heavy atom. The Bertz CT molecular complexity index is 1450. The minimum absolute atomic E-state index is 0.0533. The Morgan fingerprint density at radius 3 is 2.31 bits per heavy atom. The van der Waals surface area contributed by atoms with E-state index in [9.17, 15) is 18.0 Å². The van der Waals surface area contributed by atoms with Gasteiger partial charge in [0, 0.05) is 41.9 Å². The van der Waals surface area contributed by atoms with Crippen LogP contribution < -0.4 is 10.6 Å². The van der Waals surface area contributed by atoms with Crippen LogP contribution in [0.1, 0.15) is 43.0 Å². The number of rotatable bonds is 3. The molecule has 2 aromatic carbocycles. The minimum atomic E-state index is -4.55. The summed E-state index contributed by atoms with van der Waals surface area (Å²) >= 11 is 0. The van der Waals surface area contributed by atoms with Crippen LogP contribution in [0.4, 0.5) is 23.9 Å². The van der Waals surface area contributed by atoms with Crippen molar-refractivity contribution in [1.82, 2.24) is 20.3 Å². The predicted molar refractivity (Wildman–Crippen MR) is 146 cm³/mol. The van der Waals surface area contributed by atoms with Crippen LogP contribution in [-0.2, 0) is 23.8 Å². The van der Waals surface area contributed by atoms with E-state index in [0.717, 1.165) is 30.1 Å². The molecule has 2 heterocycles. The second-order valence-corrected chi connectivity index (χ2v) is 10.5. The van der Waals surface area contributed by atoms with Crippen molar-refractivity contribution in [1.29, 1.82) is 0 Å². The molecule has 0 radical (unpaired) electrons. The molecule has 0 saturated heterocycles. The molecule has 39 heavy (non-hydrogen) atoms. The molecule has 7 nitrogen and oxygen atoms in total. The lowest BCUT2D eigenvalue weighted by Crippen LogP contribution is -2.30. The van der Waals surface area contributed by atoms with Gasteiger partial charge in [0.25, 0.3) is 0 Å².